The fourth-order valence-electron chi connectivity index (χ4n) is 0.990. The van der Waals surface area contributed by atoms with E-state index >= 15 is 0 Å². The Morgan fingerprint density at radius 2 is 1.79 bits per heavy atom. The van der Waals surface area contributed by atoms with Crippen molar-refractivity contribution in [2.24, 2.45) is 5.41 Å². The molecule has 0 spiro atoms. The van der Waals surface area contributed by atoms with Gasteiger partial charge >= 0.3 is 0 Å². The number of ketones is 1. The number of carbonyl (C=O) groups excluding carboxylic acids is 1. The Balaban J connectivity index is 0.00000169. The van der Waals surface area contributed by atoms with Crippen LogP contribution in [0.2, 0.25) is 0 Å². The first kappa shape index (κ1) is 13.1. The lowest BCUT2D eigenvalue weighted by Gasteiger charge is -2.15. The van der Waals surface area contributed by atoms with Gasteiger partial charge < -0.3 is 12.4 Å². The van der Waals surface area contributed by atoms with E-state index in [1.54, 1.807) is 0 Å². The van der Waals surface area contributed by atoms with E-state index in [2.05, 4.69) is 4.98 Å². The molecule has 0 aromatic carbocycles. The van der Waals surface area contributed by atoms with Crippen molar-refractivity contribution in [1.29, 1.82) is 0 Å². The zero-order valence-corrected chi connectivity index (χ0v) is 9.56. The van der Waals surface area contributed by atoms with Gasteiger partial charge in [-0.15, -0.1) is 0 Å². The van der Waals surface area contributed by atoms with Gasteiger partial charge in [0.05, 0.1) is 0 Å². The molecule has 0 aliphatic heterocycles. The summed E-state index contributed by atoms with van der Waals surface area (Å²) in [7, 11) is 0. The Morgan fingerprint density at radius 1 is 1.29 bits per heavy atom. The highest BCUT2D eigenvalue weighted by Gasteiger charge is 2.20. The van der Waals surface area contributed by atoms with Gasteiger partial charge in [0.1, 0.15) is 5.78 Å². The highest BCUT2D eigenvalue weighted by molar-refractivity contribution is 5.85. The molecule has 0 unspecified atom stereocenters. The van der Waals surface area contributed by atoms with E-state index in [1.165, 1.54) is 0 Å². The molecule has 0 saturated carbocycles. The van der Waals surface area contributed by atoms with Crippen LogP contribution >= 0.6 is 0 Å². The van der Waals surface area contributed by atoms with Crippen molar-refractivity contribution in [1.82, 2.24) is 0 Å². The van der Waals surface area contributed by atoms with E-state index in [0.29, 0.717) is 6.42 Å². The maximum Gasteiger partial charge on any atom is 0.167 e. The summed E-state index contributed by atoms with van der Waals surface area (Å²) in [6.45, 7) is 5.85. The van der Waals surface area contributed by atoms with Crippen LogP contribution in [0.1, 0.15) is 26.3 Å². The van der Waals surface area contributed by atoms with E-state index in [9.17, 15) is 4.79 Å². The molecule has 3 heteroatoms. The Labute approximate surface area is 91.2 Å². The predicted molar refractivity (Wildman–Crippen MR) is 51.2 cm³/mol. The van der Waals surface area contributed by atoms with Crippen LogP contribution in [0, 0.1) is 5.41 Å². The van der Waals surface area contributed by atoms with Crippen LogP contribution in [0.15, 0.2) is 24.5 Å². The summed E-state index contributed by atoms with van der Waals surface area (Å²) in [5, 5.41) is 0. The van der Waals surface area contributed by atoms with Gasteiger partial charge in [-0.2, -0.15) is 0 Å². The average molecular weight is 214 g/mol. The molecule has 0 fully saturated rings. The summed E-state index contributed by atoms with van der Waals surface area (Å²) in [6.07, 6.45) is 4.20. The Hall–Kier alpha value is -0.890. The Morgan fingerprint density at radius 3 is 2.21 bits per heavy atom. The van der Waals surface area contributed by atoms with Crippen molar-refractivity contribution in [3.05, 3.63) is 30.1 Å². The van der Waals surface area contributed by atoms with Crippen molar-refractivity contribution in [3.8, 4) is 0 Å². The number of nitrogens with one attached hydrogen (secondary N) is 1. The van der Waals surface area contributed by atoms with Gasteiger partial charge in [-0.3, -0.25) is 4.79 Å². The molecule has 1 rings (SSSR count). The van der Waals surface area contributed by atoms with Gasteiger partial charge in [-0.25, -0.2) is 4.98 Å². The molecule has 2 nitrogen and oxygen atoms in total. The lowest BCUT2D eigenvalue weighted by atomic mass is 9.87. The topological polar surface area (TPSA) is 31.2 Å². The van der Waals surface area contributed by atoms with Crippen LogP contribution in [0.4, 0.5) is 0 Å². The predicted octanol–water partition coefficient (Wildman–Crippen LogP) is -1.34. The van der Waals surface area contributed by atoms with Gasteiger partial charge in [0.25, 0.3) is 0 Å². The first-order valence-electron chi connectivity index (χ1n) is 4.48. The molecule has 0 saturated heterocycles. The van der Waals surface area contributed by atoms with Crippen molar-refractivity contribution >= 4 is 5.78 Å². The SMILES string of the molecule is CC(C)(C)C(=O)Cc1cc[nH+]cc1.[Cl-]. The second-order valence-electron chi connectivity index (χ2n) is 4.26. The standard InChI is InChI=1S/C11H15NO.ClH/c1-11(2,3)10(13)8-9-4-6-12-7-5-9;/h4-7H,8H2,1-3H3;1H. The lowest BCUT2D eigenvalue weighted by molar-refractivity contribution is -0.378. The summed E-state index contributed by atoms with van der Waals surface area (Å²) in [6, 6.07) is 3.87. The lowest BCUT2D eigenvalue weighted by Crippen LogP contribution is -3.00. The largest absolute Gasteiger partial charge is 1.00 e. The summed E-state index contributed by atoms with van der Waals surface area (Å²) in [5.74, 6) is 0.277. The number of hydrogen-bond acceptors (Lipinski definition) is 1. The molecule has 1 N–H and O–H groups in total. The number of hydrogen-bond donors (Lipinski definition) is 0. The molecule has 1 aromatic rings. The smallest absolute Gasteiger partial charge is 0.167 e. The third-order valence-electron chi connectivity index (χ3n) is 1.99. The molecule has 78 valence electrons. The van der Waals surface area contributed by atoms with Crippen molar-refractivity contribution in [2.45, 2.75) is 27.2 Å². The number of pyridine rings is 1. The minimum Gasteiger partial charge on any atom is -1.00 e. The molecule has 1 aromatic heterocycles. The van der Waals surface area contributed by atoms with E-state index < -0.39 is 0 Å². The van der Waals surface area contributed by atoms with Gasteiger partial charge in [0, 0.05) is 24.0 Å². The molecule has 0 aliphatic carbocycles. The van der Waals surface area contributed by atoms with Crippen LogP contribution < -0.4 is 17.4 Å². The molecular weight excluding hydrogens is 198 g/mol. The molecule has 0 aliphatic rings. The Kier molecular flexibility index (Phi) is 4.78. The van der Waals surface area contributed by atoms with Crippen molar-refractivity contribution in [3.63, 3.8) is 0 Å². The first-order valence-corrected chi connectivity index (χ1v) is 4.48. The van der Waals surface area contributed by atoms with Gasteiger partial charge in [-0.1, -0.05) is 20.8 Å². The maximum absolute atomic E-state index is 11.6. The van der Waals surface area contributed by atoms with E-state index in [1.807, 2.05) is 45.3 Å². The van der Waals surface area contributed by atoms with E-state index in [4.69, 9.17) is 0 Å². The molecule has 0 atom stereocenters. The monoisotopic (exact) mass is 213 g/mol. The number of rotatable bonds is 2. The van der Waals surface area contributed by atoms with Crippen LogP contribution in [0.5, 0.6) is 0 Å². The molecule has 1 heterocycles. The zero-order valence-electron chi connectivity index (χ0n) is 8.80. The molecule has 0 amide bonds. The van der Waals surface area contributed by atoms with Gasteiger partial charge in [-0.05, 0) is 5.56 Å². The summed E-state index contributed by atoms with van der Waals surface area (Å²) in [5.41, 5.74) is 0.832. The van der Waals surface area contributed by atoms with Crippen LogP contribution in [-0.4, -0.2) is 5.78 Å². The normalized spacial score (nSPS) is 10.5. The highest BCUT2D eigenvalue weighted by atomic mass is 35.5. The Bertz CT molecular complexity index is 290. The number of aromatic amines is 1. The number of carbonyl (C=O) groups is 1. The van der Waals surface area contributed by atoms with Crippen LogP contribution in [0.25, 0.3) is 0 Å². The fraction of sp³-hybridized carbons (Fsp3) is 0.455. The molecular formula is C11H16ClNO. The molecule has 0 radical (unpaired) electrons. The van der Waals surface area contributed by atoms with Gasteiger partial charge in [0.2, 0.25) is 0 Å². The highest BCUT2D eigenvalue weighted by Crippen LogP contribution is 2.17. The third kappa shape index (κ3) is 3.88. The minimum absolute atomic E-state index is 0. The van der Waals surface area contributed by atoms with Crippen LogP contribution in [-0.2, 0) is 11.2 Å². The number of aromatic nitrogens is 1. The molecule has 14 heavy (non-hydrogen) atoms. The fourth-order valence-corrected chi connectivity index (χ4v) is 0.990. The van der Waals surface area contributed by atoms with Gasteiger partial charge in [0.15, 0.2) is 12.4 Å². The summed E-state index contributed by atoms with van der Waals surface area (Å²) in [4.78, 5) is 14.6. The van der Waals surface area contributed by atoms with E-state index in [-0.39, 0.29) is 23.6 Å². The molecule has 0 bridgehead atoms. The number of Topliss-reactive ketones (excluding diaryl/α,β-unsaturated/α-hetero) is 1. The second-order valence-corrected chi connectivity index (χ2v) is 4.26. The zero-order chi connectivity index (χ0) is 9.90. The third-order valence-corrected chi connectivity index (χ3v) is 1.99. The maximum atomic E-state index is 11.6. The summed E-state index contributed by atoms with van der Waals surface area (Å²) >= 11 is 0. The second kappa shape index (κ2) is 5.11. The number of H-pyrrole nitrogens is 1. The average Bonchev–Trinajstić information content (AvgIpc) is 2.04. The number of halogens is 1. The summed E-state index contributed by atoms with van der Waals surface area (Å²) < 4.78 is 0. The van der Waals surface area contributed by atoms with Crippen molar-refractivity contribution < 1.29 is 22.2 Å². The van der Waals surface area contributed by atoms with Crippen LogP contribution in [0.3, 0.4) is 0 Å². The van der Waals surface area contributed by atoms with E-state index in [0.717, 1.165) is 5.56 Å². The minimum atomic E-state index is -0.237. The van der Waals surface area contributed by atoms with Crippen molar-refractivity contribution in [2.75, 3.05) is 0 Å². The first-order chi connectivity index (χ1) is 6.00. The quantitative estimate of drug-likeness (QED) is 0.599.